The molecule has 5 aromatic carbocycles. The van der Waals surface area contributed by atoms with Gasteiger partial charge in [-0.25, -0.2) is 0 Å². The normalized spacial score (nSPS) is 18.8. The van der Waals surface area contributed by atoms with Gasteiger partial charge in [0.15, 0.2) is 0 Å². The Bertz CT molecular complexity index is 1830. The Balaban J connectivity index is 0.000000201. The van der Waals surface area contributed by atoms with Gasteiger partial charge in [0.25, 0.3) is 0 Å². The molecule has 5 nitrogen and oxygen atoms in total. The maximum absolute atomic E-state index is 5.12. The molecule has 2 unspecified atom stereocenters. The minimum atomic E-state index is 0.391. The van der Waals surface area contributed by atoms with E-state index in [0.29, 0.717) is 12.0 Å². The van der Waals surface area contributed by atoms with Crippen molar-refractivity contribution in [2.75, 3.05) is 33.3 Å². The number of methoxy groups -OCH3 is 1. The van der Waals surface area contributed by atoms with E-state index in [0.717, 1.165) is 50.5 Å². The number of hydrogen-bond donors (Lipinski definition) is 1. The van der Waals surface area contributed by atoms with E-state index in [-0.39, 0.29) is 0 Å². The summed E-state index contributed by atoms with van der Waals surface area (Å²) in [7, 11) is 1.68. The van der Waals surface area contributed by atoms with Crippen molar-refractivity contribution in [1.29, 1.82) is 0 Å². The van der Waals surface area contributed by atoms with E-state index in [9.17, 15) is 0 Å². The van der Waals surface area contributed by atoms with E-state index in [4.69, 9.17) is 9.72 Å². The number of rotatable bonds is 3. The SMILES string of the molecule is COc1ccc2ccccc2c1.c1ccc2c(c1)ccc1c3c(ccc12)CC(c1cnccn1)C(N1CCNCC1)C3. The Morgan fingerprint density at radius 1 is 0.738 bits per heavy atom. The van der Waals surface area contributed by atoms with Crippen LogP contribution in [-0.4, -0.2) is 54.2 Å². The highest BCUT2D eigenvalue weighted by atomic mass is 16.5. The molecule has 5 heteroatoms. The van der Waals surface area contributed by atoms with Crippen molar-refractivity contribution >= 4 is 32.3 Å². The maximum atomic E-state index is 5.12. The number of piperazine rings is 1. The van der Waals surface area contributed by atoms with Gasteiger partial charge in [-0.2, -0.15) is 0 Å². The molecular weight excluding hydrogens is 516 g/mol. The summed E-state index contributed by atoms with van der Waals surface area (Å²) in [5.74, 6) is 1.30. The fourth-order valence-electron chi connectivity index (χ4n) is 6.85. The van der Waals surface area contributed by atoms with Crippen LogP contribution in [0.2, 0.25) is 0 Å². The number of fused-ring (bicyclic) bond motifs is 6. The van der Waals surface area contributed by atoms with Gasteiger partial charge in [0, 0.05) is 56.7 Å². The number of aromatic nitrogens is 2. The number of nitrogens with one attached hydrogen (secondary N) is 1. The predicted molar refractivity (Wildman–Crippen MR) is 172 cm³/mol. The van der Waals surface area contributed by atoms with Crippen molar-refractivity contribution in [3.8, 4) is 5.75 Å². The molecule has 1 aliphatic heterocycles. The lowest BCUT2D eigenvalue weighted by atomic mass is 9.76. The zero-order valence-corrected chi connectivity index (χ0v) is 24.0. The molecule has 6 aromatic rings. The Labute approximate surface area is 247 Å². The average Bonchev–Trinajstić information content (AvgIpc) is 3.08. The molecule has 2 atom stereocenters. The first-order chi connectivity index (χ1) is 20.8. The Kier molecular flexibility index (Phi) is 7.52. The van der Waals surface area contributed by atoms with Crippen molar-refractivity contribution in [1.82, 2.24) is 20.2 Å². The first kappa shape index (κ1) is 26.6. The predicted octanol–water partition coefficient (Wildman–Crippen LogP) is 6.79. The first-order valence-electron chi connectivity index (χ1n) is 14.9. The van der Waals surface area contributed by atoms with E-state index in [1.54, 1.807) is 13.3 Å². The van der Waals surface area contributed by atoms with E-state index in [1.807, 2.05) is 36.7 Å². The molecule has 1 fully saturated rings. The van der Waals surface area contributed by atoms with Crippen LogP contribution in [0.5, 0.6) is 5.75 Å². The summed E-state index contributed by atoms with van der Waals surface area (Å²) in [6.45, 7) is 4.34. The molecule has 0 spiro atoms. The summed E-state index contributed by atoms with van der Waals surface area (Å²) >= 11 is 0. The Morgan fingerprint density at radius 2 is 1.50 bits per heavy atom. The van der Waals surface area contributed by atoms with Crippen LogP contribution >= 0.6 is 0 Å². The van der Waals surface area contributed by atoms with Crippen LogP contribution in [0.15, 0.2) is 110 Å². The standard InChI is InChI=1S/C26H26N4.C11H10O/c1-2-4-20-18(3-1)5-7-22-21(20)8-6-19-15-24(25-17-28-9-10-29-25)26(16-23(19)22)30-13-11-27-12-14-30;1-12-11-7-6-9-4-2-3-5-10(9)8-11/h1-10,17,24,26-27H,11-16H2;2-8H,1H3. The monoisotopic (exact) mass is 552 g/mol. The Hall–Kier alpha value is -4.32. The number of hydrogen-bond acceptors (Lipinski definition) is 5. The van der Waals surface area contributed by atoms with Crippen molar-refractivity contribution < 1.29 is 4.74 Å². The molecule has 8 rings (SSSR count). The summed E-state index contributed by atoms with van der Waals surface area (Å²) in [6.07, 6.45) is 7.70. The maximum Gasteiger partial charge on any atom is 0.119 e. The van der Waals surface area contributed by atoms with Crippen molar-refractivity contribution in [3.05, 3.63) is 126 Å². The van der Waals surface area contributed by atoms with Gasteiger partial charge in [-0.05, 0) is 68.4 Å². The molecular formula is C37H36N4O. The second-order valence-corrected chi connectivity index (χ2v) is 11.3. The average molecular weight is 553 g/mol. The lowest BCUT2D eigenvalue weighted by Gasteiger charge is -2.42. The van der Waals surface area contributed by atoms with E-state index in [2.05, 4.69) is 81.9 Å². The molecule has 0 bridgehead atoms. The first-order valence-corrected chi connectivity index (χ1v) is 14.9. The molecule has 0 amide bonds. The van der Waals surface area contributed by atoms with Crippen LogP contribution in [-0.2, 0) is 12.8 Å². The van der Waals surface area contributed by atoms with Crippen molar-refractivity contribution in [3.63, 3.8) is 0 Å². The highest BCUT2D eigenvalue weighted by molar-refractivity contribution is 6.08. The van der Waals surface area contributed by atoms with E-state index in [1.165, 1.54) is 43.4 Å². The molecule has 0 saturated carbocycles. The van der Waals surface area contributed by atoms with Crippen LogP contribution in [0.3, 0.4) is 0 Å². The van der Waals surface area contributed by atoms with Gasteiger partial charge in [-0.15, -0.1) is 0 Å². The van der Waals surface area contributed by atoms with Gasteiger partial charge in [0.2, 0.25) is 0 Å². The van der Waals surface area contributed by atoms with Gasteiger partial charge in [-0.3, -0.25) is 14.9 Å². The molecule has 1 saturated heterocycles. The third kappa shape index (κ3) is 5.22. The lowest BCUT2D eigenvalue weighted by molar-refractivity contribution is 0.142. The number of benzene rings is 5. The minimum Gasteiger partial charge on any atom is -0.497 e. The van der Waals surface area contributed by atoms with Gasteiger partial charge in [0.05, 0.1) is 12.8 Å². The number of nitrogens with zero attached hydrogens (tertiary/aromatic N) is 3. The van der Waals surface area contributed by atoms with E-state index < -0.39 is 0 Å². The zero-order chi connectivity index (χ0) is 28.3. The highest BCUT2D eigenvalue weighted by Gasteiger charge is 2.36. The van der Waals surface area contributed by atoms with Crippen LogP contribution in [0.4, 0.5) is 0 Å². The quantitative estimate of drug-likeness (QED) is 0.245. The molecule has 1 aliphatic carbocycles. The van der Waals surface area contributed by atoms with Crippen molar-refractivity contribution in [2.45, 2.75) is 24.8 Å². The van der Waals surface area contributed by atoms with Gasteiger partial charge < -0.3 is 10.1 Å². The van der Waals surface area contributed by atoms with Crippen LogP contribution in [0.1, 0.15) is 22.7 Å². The second kappa shape index (κ2) is 11.9. The molecule has 1 aromatic heterocycles. The largest absolute Gasteiger partial charge is 0.497 e. The molecule has 2 heterocycles. The van der Waals surface area contributed by atoms with Gasteiger partial charge in [-0.1, -0.05) is 78.9 Å². The topological polar surface area (TPSA) is 50.3 Å². The molecule has 2 aliphatic rings. The van der Waals surface area contributed by atoms with Crippen LogP contribution in [0, 0.1) is 0 Å². The smallest absolute Gasteiger partial charge is 0.119 e. The second-order valence-electron chi connectivity index (χ2n) is 11.3. The number of ether oxygens (including phenoxy) is 1. The van der Waals surface area contributed by atoms with Crippen molar-refractivity contribution in [2.24, 2.45) is 0 Å². The summed E-state index contributed by atoms with van der Waals surface area (Å²) in [6, 6.07) is 32.8. The van der Waals surface area contributed by atoms with E-state index >= 15 is 0 Å². The molecule has 1 N–H and O–H groups in total. The summed E-state index contributed by atoms with van der Waals surface area (Å²) < 4.78 is 5.12. The summed E-state index contributed by atoms with van der Waals surface area (Å²) in [4.78, 5) is 11.8. The minimum absolute atomic E-state index is 0.391. The van der Waals surface area contributed by atoms with Crippen LogP contribution < -0.4 is 10.1 Å². The highest BCUT2D eigenvalue weighted by Crippen LogP contribution is 2.39. The van der Waals surface area contributed by atoms with Gasteiger partial charge >= 0.3 is 0 Å². The zero-order valence-electron chi connectivity index (χ0n) is 24.0. The fourth-order valence-corrected chi connectivity index (χ4v) is 6.85. The lowest BCUT2D eigenvalue weighted by Crippen LogP contribution is -2.52. The van der Waals surface area contributed by atoms with Gasteiger partial charge in [0.1, 0.15) is 5.75 Å². The summed E-state index contributed by atoms with van der Waals surface area (Å²) in [5.41, 5.74) is 4.13. The third-order valence-electron chi connectivity index (χ3n) is 8.99. The molecule has 210 valence electrons. The fraction of sp³-hybridized carbons (Fsp3) is 0.243. The molecule has 0 radical (unpaired) electrons. The van der Waals surface area contributed by atoms with Crippen LogP contribution in [0.25, 0.3) is 32.3 Å². The third-order valence-corrected chi connectivity index (χ3v) is 8.99. The Morgan fingerprint density at radius 3 is 2.31 bits per heavy atom. The summed E-state index contributed by atoms with van der Waals surface area (Å²) in [5, 5.41) is 11.4. The molecule has 42 heavy (non-hydrogen) atoms.